The number of nitrogens with zero attached hydrogens (tertiary/aromatic N) is 1. The highest BCUT2D eigenvalue weighted by atomic mass is 16.2. The van der Waals surface area contributed by atoms with Crippen LogP contribution in [0.15, 0.2) is 4.99 Å². The van der Waals surface area contributed by atoms with Gasteiger partial charge in [0.15, 0.2) is 0 Å². The van der Waals surface area contributed by atoms with E-state index in [0.717, 1.165) is 0 Å². The summed E-state index contributed by atoms with van der Waals surface area (Å²) >= 11 is 0. The van der Waals surface area contributed by atoms with Crippen molar-refractivity contribution in [3.05, 3.63) is 0 Å². The maximum Gasteiger partial charge on any atom is 0.259 e. The van der Waals surface area contributed by atoms with Crippen molar-refractivity contribution >= 4 is 17.6 Å². The standard InChI is InChI=1S/C5H7N3O2/c1-2-7-3(4(6)9)5(10)8-2/h3H,1H3,(H2,6,9)(H,7,8,10)/t3-/m0/s1. The summed E-state index contributed by atoms with van der Waals surface area (Å²) < 4.78 is 0. The van der Waals surface area contributed by atoms with E-state index in [1.165, 1.54) is 0 Å². The summed E-state index contributed by atoms with van der Waals surface area (Å²) in [5.41, 5.74) is 4.84. The smallest absolute Gasteiger partial charge is 0.259 e. The van der Waals surface area contributed by atoms with Crippen LogP contribution in [-0.2, 0) is 9.59 Å². The van der Waals surface area contributed by atoms with E-state index >= 15 is 0 Å². The number of amides is 2. The molecule has 54 valence electrons. The maximum absolute atomic E-state index is 10.7. The van der Waals surface area contributed by atoms with Gasteiger partial charge in [-0.05, 0) is 6.92 Å². The first-order chi connectivity index (χ1) is 4.61. The lowest BCUT2D eigenvalue weighted by atomic mass is 10.3. The van der Waals surface area contributed by atoms with Crippen LogP contribution in [0.25, 0.3) is 0 Å². The lowest BCUT2D eigenvalue weighted by Crippen LogP contribution is -2.36. The third kappa shape index (κ3) is 0.975. The summed E-state index contributed by atoms with van der Waals surface area (Å²) in [6.45, 7) is 1.60. The fourth-order valence-corrected chi connectivity index (χ4v) is 0.724. The van der Waals surface area contributed by atoms with Crippen LogP contribution in [0.3, 0.4) is 0 Å². The fraction of sp³-hybridized carbons (Fsp3) is 0.400. The SMILES string of the molecule is CC1=N[C@@H](C(N)=O)C(=O)N1. The van der Waals surface area contributed by atoms with Crippen LogP contribution in [0.2, 0.25) is 0 Å². The highest BCUT2D eigenvalue weighted by Gasteiger charge is 2.28. The molecule has 0 aromatic rings. The Labute approximate surface area is 57.3 Å². The van der Waals surface area contributed by atoms with Crippen molar-refractivity contribution in [2.45, 2.75) is 13.0 Å². The zero-order valence-electron chi connectivity index (χ0n) is 5.42. The zero-order valence-corrected chi connectivity index (χ0v) is 5.42. The molecule has 3 N–H and O–H groups in total. The van der Waals surface area contributed by atoms with E-state index in [0.29, 0.717) is 5.84 Å². The molecule has 1 atom stereocenters. The van der Waals surface area contributed by atoms with Crippen LogP contribution >= 0.6 is 0 Å². The number of carbonyl (C=O) groups is 2. The number of carbonyl (C=O) groups excluding carboxylic acids is 2. The van der Waals surface area contributed by atoms with Gasteiger partial charge in [0.1, 0.15) is 5.84 Å². The fourth-order valence-electron chi connectivity index (χ4n) is 0.724. The van der Waals surface area contributed by atoms with Crippen LogP contribution < -0.4 is 11.1 Å². The first-order valence-corrected chi connectivity index (χ1v) is 2.76. The molecule has 5 heteroatoms. The van der Waals surface area contributed by atoms with Crippen molar-refractivity contribution in [3.8, 4) is 0 Å². The minimum atomic E-state index is -1.01. The van der Waals surface area contributed by atoms with Gasteiger partial charge >= 0.3 is 0 Å². The maximum atomic E-state index is 10.7. The van der Waals surface area contributed by atoms with Gasteiger partial charge < -0.3 is 11.1 Å². The molecule has 0 saturated heterocycles. The minimum Gasteiger partial charge on any atom is -0.367 e. The van der Waals surface area contributed by atoms with E-state index in [4.69, 9.17) is 5.73 Å². The molecule has 0 aliphatic carbocycles. The second-order valence-corrected chi connectivity index (χ2v) is 2.01. The van der Waals surface area contributed by atoms with Gasteiger partial charge in [-0.2, -0.15) is 0 Å². The number of rotatable bonds is 1. The number of aliphatic imine (C=N–C) groups is 1. The first-order valence-electron chi connectivity index (χ1n) is 2.76. The molecule has 0 unspecified atom stereocenters. The number of nitrogens with two attached hydrogens (primary N) is 1. The van der Waals surface area contributed by atoms with E-state index in [-0.39, 0.29) is 0 Å². The number of hydrogen-bond acceptors (Lipinski definition) is 3. The summed E-state index contributed by atoms with van der Waals surface area (Å²) in [6, 6.07) is -1.01. The van der Waals surface area contributed by atoms with Crippen molar-refractivity contribution in [1.29, 1.82) is 0 Å². The second kappa shape index (κ2) is 2.09. The third-order valence-corrected chi connectivity index (χ3v) is 1.14. The van der Waals surface area contributed by atoms with Crippen molar-refractivity contribution in [3.63, 3.8) is 0 Å². The number of nitrogens with one attached hydrogen (secondary N) is 1. The van der Waals surface area contributed by atoms with Crippen LogP contribution in [0.5, 0.6) is 0 Å². The molecule has 0 spiro atoms. The predicted molar refractivity (Wildman–Crippen MR) is 34.2 cm³/mol. The lowest BCUT2D eigenvalue weighted by molar-refractivity contribution is -0.127. The van der Waals surface area contributed by atoms with Gasteiger partial charge in [-0.1, -0.05) is 0 Å². The monoisotopic (exact) mass is 141 g/mol. The topological polar surface area (TPSA) is 84.5 Å². The Balaban J connectivity index is 2.79. The second-order valence-electron chi connectivity index (χ2n) is 2.01. The van der Waals surface area contributed by atoms with Crippen LogP contribution in [0.4, 0.5) is 0 Å². The van der Waals surface area contributed by atoms with E-state index in [9.17, 15) is 9.59 Å². The Morgan fingerprint density at radius 3 is 2.60 bits per heavy atom. The van der Waals surface area contributed by atoms with Crippen molar-refractivity contribution in [2.24, 2.45) is 10.7 Å². The molecule has 1 heterocycles. The van der Waals surface area contributed by atoms with Crippen LogP contribution in [-0.4, -0.2) is 23.7 Å². The van der Waals surface area contributed by atoms with E-state index in [1.807, 2.05) is 0 Å². The molecule has 1 aliphatic heterocycles. The number of primary amides is 1. The average molecular weight is 141 g/mol. The molecular weight excluding hydrogens is 134 g/mol. The highest BCUT2D eigenvalue weighted by molar-refractivity contribution is 6.15. The predicted octanol–water partition coefficient (Wildman–Crippen LogP) is -1.61. The highest BCUT2D eigenvalue weighted by Crippen LogP contribution is 1.97. The van der Waals surface area contributed by atoms with Crippen molar-refractivity contribution in [1.82, 2.24) is 5.32 Å². The van der Waals surface area contributed by atoms with Crippen LogP contribution in [0, 0.1) is 0 Å². The molecule has 0 fully saturated rings. The minimum absolute atomic E-state index is 0.439. The molecular formula is C5H7N3O2. The Morgan fingerprint density at radius 1 is 1.80 bits per heavy atom. The van der Waals surface area contributed by atoms with Gasteiger partial charge in [-0.25, -0.2) is 4.99 Å². The molecule has 0 saturated carbocycles. The van der Waals surface area contributed by atoms with Gasteiger partial charge in [-0.15, -0.1) is 0 Å². The molecule has 1 rings (SSSR count). The van der Waals surface area contributed by atoms with E-state index in [1.54, 1.807) is 6.92 Å². The quantitative estimate of drug-likeness (QED) is 0.430. The molecule has 0 radical (unpaired) electrons. The van der Waals surface area contributed by atoms with Gasteiger partial charge in [0.2, 0.25) is 6.04 Å². The van der Waals surface area contributed by atoms with Gasteiger partial charge in [0.25, 0.3) is 11.8 Å². The Hall–Kier alpha value is -1.39. The largest absolute Gasteiger partial charge is 0.367 e. The summed E-state index contributed by atoms with van der Waals surface area (Å²) in [4.78, 5) is 24.8. The Morgan fingerprint density at radius 2 is 2.40 bits per heavy atom. The summed E-state index contributed by atoms with van der Waals surface area (Å²) in [6.07, 6.45) is 0. The van der Waals surface area contributed by atoms with E-state index in [2.05, 4.69) is 10.3 Å². The molecule has 0 bridgehead atoms. The zero-order chi connectivity index (χ0) is 7.72. The normalized spacial score (nSPS) is 23.9. The number of amidine groups is 1. The third-order valence-electron chi connectivity index (χ3n) is 1.14. The van der Waals surface area contributed by atoms with Gasteiger partial charge in [0, 0.05) is 0 Å². The van der Waals surface area contributed by atoms with E-state index < -0.39 is 17.9 Å². The van der Waals surface area contributed by atoms with Crippen LogP contribution in [0.1, 0.15) is 6.92 Å². The summed E-state index contributed by atoms with van der Waals surface area (Å²) in [5, 5.41) is 2.36. The molecule has 2 amide bonds. The Kier molecular flexibility index (Phi) is 1.41. The molecule has 0 aromatic heterocycles. The molecule has 1 aliphatic rings. The molecule has 10 heavy (non-hydrogen) atoms. The van der Waals surface area contributed by atoms with Gasteiger partial charge in [0.05, 0.1) is 0 Å². The number of hydrogen-bond donors (Lipinski definition) is 2. The Bertz CT molecular complexity index is 221. The van der Waals surface area contributed by atoms with Gasteiger partial charge in [-0.3, -0.25) is 9.59 Å². The van der Waals surface area contributed by atoms with Crippen molar-refractivity contribution < 1.29 is 9.59 Å². The summed E-state index contributed by atoms with van der Waals surface area (Å²) in [7, 11) is 0. The van der Waals surface area contributed by atoms with Crippen molar-refractivity contribution in [2.75, 3.05) is 0 Å². The average Bonchev–Trinajstić information content (AvgIpc) is 2.10. The first kappa shape index (κ1) is 6.73. The molecule has 5 nitrogen and oxygen atoms in total. The lowest BCUT2D eigenvalue weighted by Gasteiger charge is -1.95. The molecule has 0 aromatic carbocycles. The summed E-state index contributed by atoms with van der Waals surface area (Å²) in [5.74, 6) is -0.715.